The molecule has 0 radical (unpaired) electrons. The minimum absolute atomic E-state index is 0.0877. The zero-order valence-electron chi connectivity index (χ0n) is 12.7. The number of esters is 2. The summed E-state index contributed by atoms with van der Waals surface area (Å²) >= 11 is 0. The minimum Gasteiger partial charge on any atom is -0.466 e. The largest absolute Gasteiger partial charge is 0.466 e. The third kappa shape index (κ3) is 13.3. The number of hydrogen-bond donors (Lipinski definition) is 0. The van der Waals surface area contributed by atoms with Crippen LogP contribution in [0.25, 0.3) is 0 Å². The van der Waals surface area contributed by atoms with Crippen molar-refractivity contribution in [3.8, 4) is 0 Å². The first-order chi connectivity index (χ1) is 9.56. The summed E-state index contributed by atoms with van der Waals surface area (Å²) in [6, 6.07) is 0. The number of hydrogen-bond acceptors (Lipinski definition) is 6. The fourth-order valence-electron chi connectivity index (χ4n) is 1.33. The first-order valence-corrected chi connectivity index (χ1v) is 7.06. The number of ether oxygens (including phenoxy) is 4. The standard InChI is InChI=1S/C14H26O6/c1-4-19-13(15)6-10-17-8-5-9-18-11-7-14(16)20-12(2)3/h12H,4-11H2,1-3H3. The summed E-state index contributed by atoms with van der Waals surface area (Å²) in [5.74, 6) is -0.488. The second kappa shape index (κ2) is 12.9. The molecule has 0 aromatic heterocycles. The Kier molecular flexibility index (Phi) is 12.1. The summed E-state index contributed by atoms with van der Waals surface area (Å²) in [6.07, 6.45) is 1.18. The van der Waals surface area contributed by atoms with E-state index in [2.05, 4.69) is 0 Å². The Morgan fingerprint density at radius 3 is 1.95 bits per heavy atom. The lowest BCUT2D eigenvalue weighted by molar-refractivity contribution is -0.148. The van der Waals surface area contributed by atoms with E-state index in [0.29, 0.717) is 33.0 Å². The van der Waals surface area contributed by atoms with Crippen molar-refractivity contribution < 1.29 is 28.5 Å². The van der Waals surface area contributed by atoms with Crippen molar-refractivity contribution in [1.29, 1.82) is 0 Å². The molecule has 0 aliphatic carbocycles. The summed E-state index contributed by atoms with van der Waals surface area (Å²) in [5.41, 5.74) is 0. The SMILES string of the molecule is CCOC(=O)CCOCCCOCCC(=O)OC(C)C. The maximum Gasteiger partial charge on any atom is 0.308 e. The lowest BCUT2D eigenvalue weighted by atomic mass is 10.4. The fourth-order valence-corrected chi connectivity index (χ4v) is 1.33. The van der Waals surface area contributed by atoms with Crippen molar-refractivity contribution in [3.05, 3.63) is 0 Å². The Bertz CT molecular complexity index is 264. The van der Waals surface area contributed by atoms with Crippen LogP contribution in [0.5, 0.6) is 0 Å². The zero-order chi connectivity index (χ0) is 15.2. The molecule has 20 heavy (non-hydrogen) atoms. The Morgan fingerprint density at radius 2 is 1.45 bits per heavy atom. The molecule has 6 heteroatoms. The number of carbonyl (C=O) groups excluding carboxylic acids is 2. The Morgan fingerprint density at radius 1 is 0.900 bits per heavy atom. The summed E-state index contributed by atoms with van der Waals surface area (Å²) in [4.78, 5) is 22.2. The monoisotopic (exact) mass is 290 g/mol. The van der Waals surface area contributed by atoms with Crippen LogP contribution in [0.2, 0.25) is 0 Å². The van der Waals surface area contributed by atoms with Crippen molar-refractivity contribution in [1.82, 2.24) is 0 Å². The van der Waals surface area contributed by atoms with E-state index >= 15 is 0 Å². The van der Waals surface area contributed by atoms with Crippen LogP contribution in [-0.2, 0) is 28.5 Å². The summed E-state index contributed by atoms with van der Waals surface area (Å²) in [5, 5.41) is 0. The predicted molar refractivity (Wildman–Crippen MR) is 73.4 cm³/mol. The van der Waals surface area contributed by atoms with Gasteiger partial charge in [-0.25, -0.2) is 0 Å². The van der Waals surface area contributed by atoms with E-state index in [1.165, 1.54) is 0 Å². The van der Waals surface area contributed by atoms with Gasteiger partial charge in [-0.1, -0.05) is 0 Å². The predicted octanol–water partition coefficient (Wildman–Crippen LogP) is 1.70. The van der Waals surface area contributed by atoms with Crippen LogP contribution < -0.4 is 0 Å². The van der Waals surface area contributed by atoms with Crippen molar-refractivity contribution >= 4 is 11.9 Å². The lowest BCUT2D eigenvalue weighted by Crippen LogP contribution is -2.14. The second-order valence-corrected chi connectivity index (χ2v) is 4.42. The van der Waals surface area contributed by atoms with Gasteiger partial charge in [0.1, 0.15) is 0 Å². The molecule has 0 aliphatic rings. The normalized spacial score (nSPS) is 10.6. The van der Waals surface area contributed by atoms with Crippen LogP contribution in [0.15, 0.2) is 0 Å². The average molecular weight is 290 g/mol. The van der Waals surface area contributed by atoms with E-state index in [9.17, 15) is 9.59 Å². The quantitative estimate of drug-likeness (QED) is 0.402. The van der Waals surface area contributed by atoms with E-state index in [1.807, 2.05) is 13.8 Å². The summed E-state index contributed by atoms with van der Waals surface area (Å²) < 4.78 is 20.3. The van der Waals surface area contributed by atoms with Gasteiger partial charge in [-0.3, -0.25) is 9.59 Å². The molecule has 0 aliphatic heterocycles. The molecule has 0 amide bonds. The summed E-state index contributed by atoms with van der Waals surface area (Å²) in [6.45, 7) is 7.55. The van der Waals surface area contributed by atoms with Gasteiger partial charge in [-0.05, 0) is 27.2 Å². The third-order valence-electron chi connectivity index (χ3n) is 2.15. The Balaban J connectivity index is 3.21. The molecule has 0 heterocycles. The molecular formula is C14H26O6. The van der Waals surface area contributed by atoms with Crippen molar-refractivity contribution in [2.45, 2.75) is 46.1 Å². The zero-order valence-corrected chi connectivity index (χ0v) is 12.7. The van der Waals surface area contributed by atoms with Crippen LogP contribution in [0, 0.1) is 0 Å². The molecular weight excluding hydrogens is 264 g/mol. The molecule has 0 unspecified atom stereocenters. The topological polar surface area (TPSA) is 71.1 Å². The molecule has 0 spiro atoms. The van der Waals surface area contributed by atoms with Crippen LogP contribution in [0.3, 0.4) is 0 Å². The lowest BCUT2D eigenvalue weighted by Gasteiger charge is -2.08. The molecule has 0 aromatic carbocycles. The highest BCUT2D eigenvalue weighted by Gasteiger charge is 2.04. The number of rotatable bonds is 12. The highest BCUT2D eigenvalue weighted by molar-refractivity contribution is 5.69. The second-order valence-electron chi connectivity index (χ2n) is 4.42. The average Bonchev–Trinajstić information content (AvgIpc) is 2.36. The molecule has 0 N–H and O–H groups in total. The third-order valence-corrected chi connectivity index (χ3v) is 2.15. The van der Waals surface area contributed by atoms with Gasteiger partial charge in [0.2, 0.25) is 0 Å². The van der Waals surface area contributed by atoms with Gasteiger partial charge >= 0.3 is 11.9 Å². The van der Waals surface area contributed by atoms with E-state index in [4.69, 9.17) is 18.9 Å². The number of carbonyl (C=O) groups is 2. The molecule has 0 fully saturated rings. The molecule has 0 aromatic rings. The fraction of sp³-hybridized carbons (Fsp3) is 0.857. The molecule has 0 saturated heterocycles. The first-order valence-electron chi connectivity index (χ1n) is 7.06. The minimum atomic E-state index is -0.245. The van der Waals surface area contributed by atoms with Crippen molar-refractivity contribution in [2.24, 2.45) is 0 Å². The van der Waals surface area contributed by atoms with Crippen molar-refractivity contribution in [2.75, 3.05) is 33.0 Å². The van der Waals surface area contributed by atoms with Gasteiger partial charge in [0.15, 0.2) is 0 Å². The van der Waals surface area contributed by atoms with Crippen LogP contribution in [-0.4, -0.2) is 51.1 Å². The van der Waals surface area contributed by atoms with Gasteiger partial charge in [-0.15, -0.1) is 0 Å². The first kappa shape index (κ1) is 18.9. The van der Waals surface area contributed by atoms with E-state index in [1.54, 1.807) is 6.92 Å². The maximum absolute atomic E-state index is 11.2. The molecule has 0 atom stereocenters. The van der Waals surface area contributed by atoms with Gasteiger partial charge in [0.25, 0.3) is 0 Å². The van der Waals surface area contributed by atoms with Crippen LogP contribution in [0.1, 0.15) is 40.0 Å². The van der Waals surface area contributed by atoms with E-state index < -0.39 is 0 Å². The molecule has 6 nitrogen and oxygen atoms in total. The highest BCUT2D eigenvalue weighted by Crippen LogP contribution is 1.95. The Hall–Kier alpha value is -1.14. The maximum atomic E-state index is 11.2. The smallest absolute Gasteiger partial charge is 0.308 e. The highest BCUT2D eigenvalue weighted by atomic mass is 16.5. The van der Waals surface area contributed by atoms with Gasteiger partial charge < -0.3 is 18.9 Å². The Labute approximate surface area is 120 Å². The van der Waals surface area contributed by atoms with Gasteiger partial charge in [0.05, 0.1) is 38.8 Å². The van der Waals surface area contributed by atoms with E-state index in [0.717, 1.165) is 6.42 Å². The van der Waals surface area contributed by atoms with Crippen molar-refractivity contribution in [3.63, 3.8) is 0 Å². The van der Waals surface area contributed by atoms with Gasteiger partial charge in [-0.2, -0.15) is 0 Å². The molecule has 0 saturated carbocycles. The van der Waals surface area contributed by atoms with Gasteiger partial charge in [0, 0.05) is 13.2 Å². The van der Waals surface area contributed by atoms with E-state index in [-0.39, 0.29) is 30.9 Å². The molecule has 0 rings (SSSR count). The van der Waals surface area contributed by atoms with Crippen LogP contribution in [0.4, 0.5) is 0 Å². The molecule has 118 valence electrons. The summed E-state index contributed by atoms with van der Waals surface area (Å²) in [7, 11) is 0. The van der Waals surface area contributed by atoms with Crippen LogP contribution >= 0.6 is 0 Å². The molecule has 0 bridgehead atoms.